The molecule has 0 saturated heterocycles. The summed E-state index contributed by atoms with van der Waals surface area (Å²) in [5.41, 5.74) is 0. The largest absolute Gasteiger partial charge is 0.465 e. The normalized spacial score (nSPS) is 12.7. The molecule has 1 N–H and O–H groups in total. The number of rotatable bonds is 9. The topological polar surface area (TPSA) is 72.8 Å². The zero-order valence-electron chi connectivity index (χ0n) is 11.9. The summed E-state index contributed by atoms with van der Waals surface area (Å²) in [4.78, 5) is 23.3. The average Bonchev–Trinajstić information content (AvgIpc) is 2.38. The third-order valence-corrected chi connectivity index (χ3v) is 2.54. The molecule has 110 valence electrons. The lowest BCUT2D eigenvalue weighted by Gasteiger charge is -2.13. The Balaban J connectivity index is 4.38. The van der Waals surface area contributed by atoms with Gasteiger partial charge < -0.3 is 14.6 Å². The van der Waals surface area contributed by atoms with Crippen LogP contribution in [0.1, 0.15) is 40.0 Å². The van der Waals surface area contributed by atoms with E-state index in [2.05, 4.69) is 0 Å². The second-order valence-electron chi connectivity index (χ2n) is 4.04. The highest BCUT2D eigenvalue weighted by atomic mass is 16.6. The van der Waals surface area contributed by atoms with Crippen molar-refractivity contribution >= 4 is 11.9 Å². The summed E-state index contributed by atoms with van der Waals surface area (Å²) in [5.74, 6) is -1.99. The molecule has 0 spiro atoms. The fourth-order valence-corrected chi connectivity index (χ4v) is 1.47. The van der Waals surface area contributed by atoms with Gasteiger partial charge in [0.2, 0.25) is 0 Å². The van der Waals surface area contributed by atoms with Crippen molar-refractivity contribution < 1.29 is 24.2 Å². The molecule has 5 heteroatoms. The van der Waals surface area contributed by atoms with Gasteiger partial charge in [0.05, 0.1) is 19.3 Å². The van der Waals surface area contributed by atoms with Crippen LogP contribution in [0.5, 0.6) is 0 Å². The first-order valence-corrected chi connectivity index (χ1v) is 6.74. The highest BCUT2D eigenvalue weighted by Crippen LogP contribution is 2.12. The van der Waals surface area contributed by atoms with Crippen LogP contribution >= 0.6 is 0 Å². The first-order valence-electron chi connectivity index (χ1n) is 6.74. The van der Waals surface area contributed by atoms with Crippen molar-refractivity contribution in [3.05, 3.63) is 12.2 Å². The summed E-state index contributed by atoms with van der Waals surface area (Å²) in [7, 11) is 0. The van der Waals surface area contributed by atoms with Crippen molar-refractivity contribution in [1.29, 1.82) is 0 Å². The maximum Gasteiger partial charge on any atom is 0.320 e. The summed E-state index contributed by atoms with van der Waals surface area (Å²) in [5, 5.41) is 9.34. The van der Waals surface area contributed by atoms with Crippen LogP contribution in [-0.4, -0.2) is 36.4 Å². The van der Waals surface area contributed by atoms with Gasteiger partial charge in [-0.3, -0.25) is 9.59 Å². The summed E-state index contributed by atoms with van der Waals surface area (Å²) in [6.07, 6.45) is 4.41. The Bertz CT molecular complexity index is 280. The van der Waals surface area contributed by atoms with E-state index in [0.717, 1.165) is 0 Å². The van der Waals surface area contributed by atoms with Crippen LogP contribution in [0.2, 0.25) is 0 Å². The van der Waals surface area contributed by atoms with Gasteiger partial charge in [0.1, 0.15) is 0 Å². The van der Waals surface area contributed by atoms with Crippen molar-refractivity contribution in [2.75, 3.05) is 13.2 Å². The third kappa shape index (κ3) is 7.62. The van der Waals surface area contributed by atoms with Crippen LogP contribution in [0, 0.1) is 5.92 Å². The molecule has 0 bridgehead atoms. The molecule has 0 aromatic carbocycles. The van der Waals surface area contributed by atoms with Crippen molar-refractivity contribution in [2.24, 2.45) is 5.92 Å². The SMILES string of the molecule is CCOC(=O)C(CC/C=C/[C@@H](O)CC)C(=O)OCC. The Morgan fingerprint density at radius 2 is 1.63 bits per heavy atom. The molecule has 0 unspecified atom stereocenters. The summed E-state index contributed by atoms with van der Waals surface area (Å²) in [6.45, 7) is 5.72. The zero-order valence-corrected chi connectivity index (χ0v) is 11.9. The zero-order chi connectivity index (χ0) is 14.7. The van der Waals surface area contributed by atoms with E-state index in [4.69, 9.17) is 9.47 Å². The molecule has 0 amide bonds. The Hall–Kier alpha value is -1.36. The van der Waals surface area contributed by atoms with Gasteiger partial charge in [0.15, 0.2) is 5.92 Å². The van der Waals surface area contributed by atoms with Gasteiger partial charge in [-0.2, -0.15) is 0 Å². The smallest absolute Gasteiger partial charge is 0.320 e. The Morgan fingerprint density at radius 3 is 2.05 bits per heavy atom. The van der Waals surface area contributed by atoms with Crippen LogP contribution < -0.4 is 0 Å². The number of hydrogen-bond acceptors (Lipinski definition) is 5. The number of esters is 2. The quantitative estimate of drug-likeness (QED) is 0.394. The lowest BCUT2D eigenvalue weighted by Crippen LogP contribution is -2.28. The molecular weight excluding hydrogens is 248 g/mol. The maximum absolute atomic E-state index is 11.6. The molecule has 0 rings (SSSR count). The van der Waals surface area contributed by atoms with Gasteiger partial charge in [-0.1, -0.05) is 19.1 Å². The Kier molecular flexibility index (Phi) is 9.80. The predicted octanol–water partition coefficient (Wildman–Crippen LogP) is 1.84. The lowest BCUT2D eigenvalue weighted by molar-refractivity contribution is -0.161. The second kappa shape index (κ2) is 10.6. The highest BCUT2D eigenvalue weighted by molar-refractivity contribution is 5.94. The highest BCUT2D eigenvalue weighted by Gasteiger charge is 2.28. The van der Waals surface area contributed by atoms with Gasteiger partial charge in [-0.15, -0.1) is 0 Å². The minimum Gasteiger partial charge on any atom is -0.465 e. The lowest BCUT2D eigenvalue weighted by atomic mass is 10.0. The molecule has 0 fully saturated rings. The number of carbonyl (C=O) groups excluding carboxylic acids is 2. The monoisotopic (exact) mass is 272 g/mol. The minimum absolute atomic E-state index is 0.235. The molecule has 0 aromatic rings. The van der Waals surface area contributed by atoms with Crippen molar-refractivity contribution in [3.63, 3.8) is 0 Å². The number of carbonyl (C=O) groups is 2. The van der Waals surface area contributed by atoms with Gasteiger partial charge in [-0.05, 0) is 33.1 Å². The van der Waals surface area contributed by atoms with Crippen molar-refractivity contribution in [3.8, 4) is 0 Å². The predicted molar refractivity (Wildman–Crippen MR) is 71.4 cm³/mol. The molecule has 5 nitrogen and oxygen atoms in total. The second-order valence-corrected chi connectivity index (χ2v) is 4.04. The van der Waals surface area contributed by atoms with Gasteiger partial charge >= 0.3 is 11.9 Å². The van der Waals surface area contributed by atoms with Crippen LogP contribution in [0.15, 0.2) is 12.2 Å². The molecule has 0 aliphatic heterocycles. The minimum atomic E-state index is -0.886. The van der Waals surface area contributed by atoms with Crippen LogP contribution in [0.25, 0.3) is 0 Å². The van der Waals surface area contributed by atoms with Gasteiger partial charge in [0.25, 0.3) is 0 Å². The van der Waals surface area contributed by atoms with Crippen LogP contribution in [-0.2, 0) is 19.1 Å². The fraction of sp³-hybridized carbons (Fsp3) is 0.714. The molecule has 0 radical (unpaired) electrons. The number of hydrogen-bond donors (Lipinski definition) is 1. The van der Waals surface area contributed by atoms with Gasteiger partial charge in [0, 0.05) is 0 Å². The first-order chi connectivity index (χ1) is 9.06. The van der Waals surface area contributed by atoms with E-state index in [-0.39, 0.29) is 13.2 Å². The van der Waals surface area contributed by atoms with E-state index >= 15 is 0 Å². The van der Waals surface area contributed by atoms with E-state index in [0.29, 0.717) is 19.3 Å². The summed E-state index contributed by atoms with van der Waals surface area (Å²) >= 11 is 0. The van der Waals surface area contributed by atoms with Crippen molar-refractivity contribution in [1.82, 2.24) is 0 Å². The van der Waals surface area contributed by atoms with E-state index in [1.54, 1.807) is 26.0 Å². The molecule has 0 aromatic heterocycles. The first kappa shape index (κ1) is 17.6. The van der Waals surface area contributed by atoms with Crippen molar-refractivity contribution in [2.45, 2.75) is 46.1 Å². The number of aliphatic hydroxyl groups excluding tert-OH is 1. The Morgan fingerprint density at radius 1 is 1.11 bits per heavy atom. The molecule has 0 saturated carbocycles. The average molecular weight is 272 g/mol. The van der Waals surface area contributed by atoms with Gasteiger partial charge in [-0.25, -0.2) is 0 Å². The third-order valence-electron chi connectivity index (χ3n) is 2.54. The maximum atomic E-state index is 11.6. The molecule has 19 heavy (non-hydrogen) atoms. The number of aliphatic hydroxyl groups is 1. The Labute approximate surface area is 114 Å². The molecule has 1 atom stereocenters. The fourth-order valence-electron chi connectivity index (χ4n) is 1.47. The molecular formula is C14H24O5. The van der Waals surface area contributed by atoms with E-state index < -0.39 is 24.0 Å². The molecule has 0 heterocycles. The molecule has 0 aliphatic carbocycles. The molecule has 0 aliphatic rings. The van der Waals surface area contributed by atoms with E-state index in [1.807, 2.05) is 6.92 Å². The van der Waals surface area contributed by atoms with Crippen LogP contribution in [0.3, 0.4) is 0 Å². The summed E-state index contributed by atoms with van der Waals surface area (Å²) < 4.78 is 9.72. The number of ether oxygens (including phenoxy) is 2. The van der Waals surface area contributed by atoms with E-state index in [1.165, 1.54) is 0 Å². The van der Waals surface area contributed by atoms with E-state index in [9.17, 15) is 14.7 Å². The summed E-state index contributed by atoms with van der Waals surface area (Å²) in [6, 6.07) is 0. The standard InChI is InChI=1S/C14H24O5/c1-4-11(15)9-7-8-10-12(13(16)18-5-2)14(17)19-6-3/h7,9,11-12,15H,4-6,8,10H2,1-3H3/b9-7+/t11-/m0/s1. The number of allylic oxidation sites excluding steroid dienone is 1. The van der Waals surface area contributed by atoms with Crippen LogP contribution in [0.4, 0.5) is 0 Å².